The third-order valence-electron chi connectivity index (χ3n) is 15.2. The van der Waals surface area contributed by atoms with Crippen molar-refractivity contribution in [1.82, 2.24) is 4.98 Å². The number of benzene rings is 6. The van der Waals surface area contributed by atoms with Gasteiger partial charge in [0.1, 0.15) is 6.15 Å². The Balaban J connectivity index is 0.000000432. The number of alkyl halides is 24. The molecule has 0 amide bonds. The maximum atomic E-state index is 14.2. The Morgan fingerprint density at radius 3 is 0.646 bits per heavy atom. The summed E-state index contributed by atoms with van der Waals surface area (Å²) in [5.41, 5.74) is -19.3. The van der Waals surface area contributed by atoms with Crippen LogP contribution >= 0.6 is 19.8 Å². The Bertz CT molecular complexity index is 3340. The van der Waals surface area contributed by atoms with Crippen LogP contribution in [0.4, 0.5) is 117 Å². The van der Waals surface area contributed by atoms with E-state index in [9.17, 15) is 105 Å². The number of rotatable bonds is 12. The van der Waals surface area contributed by atoms with Gasteiger partial charge in [0, 0.05) is 0 Å². The first-order valence-corrected chi connectivity index (χ1v) is 33.0. The second-order valence-electron chi connectivity index (χ2n) is 23.2. The normalized spacial score (nSPS) is 13.4. The SMILES string of the molecule is CC(=Nc1c(C(C)C)cccc1C(C)C)c1cccc(C(C)=Nc2c(C(C)C)cccc2C(C)C)n1.FC(F)(F)c1cc([B-](c2cc(C(F)(F)F)cc(C(F)(F)F)c2)(c2cc(C(F)(F)F)cc(C(F)(F)F)c2)c2cc(C(F)(F)F)cc(C(F)(F)F)c2)cc(C(F)(F)F)c1.[CH3-].[Rh+2][I]. The van der Waals surface area contributed by atoms with Crippen LogP contribution in [-0.4, -0.2) is 22.6 Å². The number of aliphatic imine (C=N–C) groups is 2. The molecule has 6 aromatic carbocycles. The molecule has 7 rings (SSSR count). The Kier molecular flexibility index (Phi) is 25.9. The molecule has 0 radical (unpaired) electrons. The van der Waals surface area contributed by atoms with Gasteiger partial charge in [0.05, 0.1) is 78.7 Å². The van der Waals surface area contributed by atoms with Gasteiger partial charge < -0.3 is 7.43 Å². The third kappa shape index (κ3) is 19.5. The van der Waals surface area contributed by atoms with Crippen molar-refractivity contribution < 1.29 is 120 Å². The molecule has 0 spiro atoms. The van der Waals surface area contributed by atoms with Crippen LogP contribution in [0, 0.1) is 7.43 Å². The number of aromatic nitrogens is 1. The van der Waals surface area contributed by atoms with Crippen molar-refractivity contribution in [3.05, 3.63) is 213 Å². The quantitative estimate of drug-likeness (QED) is 0.0395. The monoisotopic (exact) mass is 1590 g/mol. The van der Waals surface area contributed by atoms with E-state index in [4.69, 9.17) is 15.0 Å². The average molecular weight is 1590 g/mol. The van der Waals surface area contributed by atoms with Crippen molar-refractivity contribution in [2.75, 3.05) is 0 Å². The van der Waals surface area contributed by atoms with Gasteiger partial charge in [-0.3, -0.25) is 9.98 Å². The van der Waals surface area contributed by atoms with Gasteiger partial charge in [-0.2, -0.15) is 127 Å². The van der Waals surface area contributed by atoms with Crippen LogP contribution in [0.3, 0.4) is 0 Å². The van der Waals surface area contributed by atoms with Crippen LogP contribution < -0.4 is 21.9 Å². The minimum absolute atomic E-state index is 0. The van der Waals surface area contributed by atoms with Gasteiger partial charge in [-0.05, 0) is 96.2 Å². The van der Waals surface area contributed by atoms with Gasteiger partial charge in [-0.25, -0.2) is 4.98 Å². The molecule has 0 atom stereocenters. The first-order chi connectivity index (χ1) is 43.3. The molecule has 0 N–H and O–H groups in total. The Morgan fingerprint density at radius 1 is 0.323 bits per heavy atom. The summed E-state index contributed by atoms with van der Waals surface area (Å²) >= 11 is 4.56. The zero-order valence-electron chi connectivity index (χ0n) is 52.1. The van der Waals surface area contributed by atoms with E-state index in [1.165, 1.54) is 22.3 Å². The molecule has 0 unspecified atom stereocenters. The molecule has 0 aliphatic carbocycles. The van der Waals surface area contributed by atoms with Gasteiger partial charge in [0.25, 0.3) is 0 Å². The van der Waals surface area contributed by atoms with Gasteiger partial charge in [0.15, 0.2) is 0 Å². The third-order valence-corrected chi connectivity index (χ3v) is 15.2. The van der Waals surface area contributed by atoms with Gasteiger partial charge in [-0.1, -0.05) is 146 Å². The molecule has 0 aliphatic rings. The van der Waals surface area contributed by atoms with Crippen LogP contribution in [0.1, 0.15) is 171 Å². The molecule has 30 heteroatoms. The second kappa shape index (κ2) is 30.3. The molecule has 1 aromatic heterocycles. The predicted molar refractivity (Wildman–Crippen MR) is 328 cm³/mol. The fourth-order valence-electron chi connectivity index (χ4n) is 10.6. The number of hydrogen-bond acceptors (Lipinski definition) is 3. The fourth-order valence-corrected chi connectivity index (χ4v) is 10.6. The maximum absolute atomic E-state index is 14.2. The van der Waals surface area contributed by atoms with Crippen molar-refractivity contribution in [3.63, 3.8) is 0 Å². The molecule has 0 aliphatic heterocycles. The number of nitrogens with zero attached hydrogens (tertiary/aromatic N) is 3. The van der Waals surface area contributed by atoms with Crippen molar-refractivity contribution in [2.24, 2.45) is 9.98 Å². The second-order valence-corrected chi connectivity index (χ2v) is 23.2. The molecule has 96 heavy (non-hydrogen) atoms. The summed E-state index contributed by atoms with van der Waals surface area (Å²) in [6.45, 7) is 22.0. The molecule has 0 saturated carbocycles. The van der Waals surface area contributed by atoms with E-state index in [0.29, 0.717) is 23.7 Å². The molecule has 0 fully saturated rings. The molecule has 1 heterocycles. The van der Waals surface area contributed by atoms with Crippen LogP contribution in [0.15, 0.2) is 137 Å². The standard InChI is InChI=1S/C33H43N3.C32H12BF24.CH3.HI.Rh/c1-20(2)26-14-11-15-27(21(3)4)32(26)34-24(9)30-18-13-19-31(36-30)25(10)35-33-28(22(5)6)16-12-17-29(33)23(7)8;34-25(35,36)13-1-14(26(37,38)39)6-21(5-13)33(22-7-15(27(40,41)42)2-16(8-22)28(43,44)45,23-9-17(29(46,47)48)3-18(10-23)30(49,50)51)24-11-19(31(52,53)54)4-20(12-24)32(55,56)57;;;/h11-23H,1-10H3;1-12H;1H3;1H;/q;2*-1;;+3/p-1. The van der Waals surface area contributed by atoms with E-state index in [0.717, 1.165) is 34.2 Å². The van der Waals surface area contributed by atoms with E-state index in [1.807, 2.05) is 31.9 Å². The summed E-state index contributed by atoms with van der Waals surface area (Å²) in [5, 5.41) is 0. The molecule has 0 saturated heterocycles. The van der Waals surface area contributed by atoms with Crippen molar-refractivity contribution in [1.29, 1.82) is 0 Å². The van der Waals surface area contributed by atoms with E-state index in [-0.39, 0.29) is 7.43 Å². The minimum atomic E-state index is -6.13. The number of pyridine rings is 1. The number of para-hydroxylation sites is 2. The van der Waals surface area contributed by atoms with Crippen molar-refractivity contribution in [2.45, 2.75) is 142 Å². The molecule has 0 bridgehead atoms. The number of hydrogen-bond donors (Lipinski definition) is 0. The van der Waals surface area contributed by atoms with E-state index >= 15 is 0 Å². The Hall–Kier alpha value is -6.45. The predicted octanol–water partition coefficient (Wildman–Crippen LogP) is 22.4. The summed E-state index contributed by atoms with van der Waals surface area (Å²) in [6.07, 6.45) is -54.8. The molecule has 7 aromatic rings. The summed E-state index contributed by atoms with van der Waals surface area (Å²) in [5.74, 6) is 1.61. The van der Waals surface area contributed by atoms with Gasteiger partial charge in [0.2, 0.25) is 0 Å². The van der Waals surface area contributed by atoms with Crippen molar-refractivity contribution in [3.8, 4) is 0 Å². The van der Waals surface area contributed by atoms with Crippen LogP contribution in [0.25, 0.3) is 0 Å². The van der Waals surface area contributed by atoms with E-state index in [2.05, 4.69) is 126 Å². The Morgan fingerprint density at radius 2 is 0.490 bits per heavy atom. The molecule has 3 nitrogen and oxygen atoms in total. The summed E-state index contributed by atoms with van der Waals surface area (Å²) in [7, 11) is 0. The topological polar surface area (TPSA) is 37.6 Å². The Labute approximate surface area is 558 Å². The first-order valence-electron chi connectivity index (χ1n) is 28.1. The van der Waals surface area contributed by atoms with E-state index in [1.54, 1.807) is 0 Å². The zero-order chi connectivity index (χ0) is 72.5. The molecular weight excluding hydrogens is 1530 g/mol. The fraction of sp³-hybridized carbons (Fsp3) is 0.333. The zero-order valence-corrected chi connectivity index (χ0v) is 55.9. The van der Waals surface area contributed by atoms with E-state index < -0.39 is 195 Å². The summed E-state index contributed by atoms with van der Waals surface area (Å²) in [6, 6.07) is 10.4. The summed E-state index contributed by atoms with van der Waals surface area (Å²) in [4.78, 5) is 15.3. The average Bonchev–Trinajstić information content (AvgIpc) is 0.708. The van der Waals surface area contributed by atoms with Crippen LogP contribution in [0.2, 0.25) is 0 Å². The summed E-state index contributed by atoms with van der Waals surface area (Å²) < 4.78 is 341. The molecule has 524 valence electrons. The van der Waals surface area contributed by atoms with Gasteiger partial charge in [-0.15, -0.1) is 0 Å². The van der Waals surface area contributed by atoms with Gasteiger partial charge >= 0.3 is 83.9 Å². The van der Waals surface area contributed by atoms with Crippen LogP contribution in [-0.2, 0) is 64.2 Å². The van der Waals surface area contributed by atoms with Crippen molar-refractivity contribution >= 4 is 70.5 Å². The molecular formula is C66H58BF24IN3Rh. The number of halogens is 25. The van der Waals surface area contributed by atoms with Crippen LogP contribution in [0.5, 0.6) is 0 Å². The first kappa shape index (κ1) is 82.0.